The first-order valence-corrected chi connectivity index (χ1v) is 12.5. The minimum Gasteiger partial charge on any atom is -0.493 e. The van der Waals surface area contributed by atoms with Crippen molar-refractivity contribution in [2.24, 2.45) is 18.9 Å². The molecule has 2 fully saturated rings. The van der Waals surface area contributed by atoms with Gasteiger partial charge in [-0.2, -0.15) is 0 Å². The first-order valence-electron chi connectivity index (χ1n) is 12.5. The Balaban J connectivity index is 1.23. The quantitative estimate of drug-likeness (QED) is 0.468. The lowest BCUT2D eigenvalue weighted by molar-refractivity contribution is 0.0662. The van der Waals surface area contributed by atoms with E-state index >= 15 is 0 Å². The number of nitrogens with one attached hydrogen (secondary N) is 2. The summed E-state index contributed by atoms with van der Waals surface area (Å²) in [6, 6.07) is 13.6. The molecule has 0 spiro atoms. The number of benzene rings is 2. The van der Waals surface area contributed by atoms with Crippen LogP contribution in [0.25, 0.3) is 10.9 Å². The minimum absolute atomic E-state index is 0.111. The zero-order valence-corrected chi connectivity index (χ0v) is 20.2. The summed E-state index contributed by atoms with van der Waals surface area (Å²) in [5, 5.41) is 7.88. The molecule has 34 heavy (non-hydrogen) atoms. The molecule has 5 rings (SSSR count). The lowest BCUT2D eigenvalue weighted by Gasteiger charge is -2.22. The van der Waals surface area contributed by atoms with Gasteiger partial charge in [-0.05, 0) is 99.0 Å². The van der Waals surface area contributed by atoms with E-state index in [-0.39, 0.29) is 5.91 Å². The van der Waals surface area contributed by atoms with Gasteiger partial charge in [0.1, 0.15) is 5.75 Å². The van der Waals surface area contributed by atoms with Crippen molar-refractivity contribution < 1.29 is 14.3 Å². The Morgan fingerprint density at radius 2 is 1.82 bits per heavy atom. The highest BCUT2D eigenvalue weighted by molar-refractivity contribution is 6.05. The van der Waals surface area contributed by atoms with Crippen molar-refractivity contribution in [3.63, 3.8) is 0 Å². The van der Waals surface area contributed by atoms with Crippen LogP contribution in [0.5, 0.6) is 5.75 Å². The van der Waals surface area contributed by atoms with Gasteiger partial charge in [-0.25, -0.2) is 0 Å². The maximum Gasteiger partial charge on any atom is 0.255 e. The van der Waals surface area contributed by atoms with Crippen molar-refractivity contribution in [2.45, 2.75) is 39.2 Å². The molecule has 0 unspecified atom stereocenters. The molecule has 3 aromatic rings. The average molecular weight is 462 g/mol. The normalized spacial score (nSPS) is 16.6. The zero-order chi connectivity index (χ0) is 23.5. The number of ether oxygens (including phenoxy) is 2. The lowest BCUT2D eigenvalue weighted by Crippen LogP contribution is -2.28. The topological polar surface area (TPSA) is 64.5 Å². The van der Waals surface area contributed by atoms with E-state index in [9.17, 15) is 4.79 Å². The van der Waals surface area contributed by atoms with Gasteiger partial charge < -0.3 is 24.7 Å². The molecule has 2 aromatic carbocycles. The molecule has 1 saturated carbocycles. The van der Waals surface area contributed by atoms with Crippen molar-refractivity contribution in [3.8, 4) is 5.75 Å². The van der Waals surface area contributed by atoms with Crippen LogP contribution < -0.4 is 15.4 Å². The number of rotatable bonds is 9. The predicted molar refractivity (Wildman–Crippen MR) is 136 cm³/mol. The molecule has 6 heteroatoms. The number of nitrogens with zero attached hydrogens (tertiary/aromatic N) is 1. The molecular formula is C28H35N3O3. The largest absolute Gasteiger partial charge is 0.493 e. The molecule has 2 N–H and O–H groups in total. The van der Waals surface area contributed by atoms with Crippen LogP contribution in [-0.4, -0.2) is 36.8 Å². The molecule has 2 aliphatic rings. The third kappa shape index (κ3) is 5.29. The van der Waals surface area contributed by atoms with E-state index in [0.29, 0.717) is 17.4 Å². The van der Waals surface area contributed by atoms with E-state index in [1.54, 1.807) is 0 Å². The van der Waals surface area contributed by atoms with Crippen LogP contribution >= 0.6 is 0 Å². The Morgan fingerprint density at radius 1 is 1.06 bits per heavy atom. The van der Waals surface area contributed by atoms with Crippen LogP contribution in [0.3, 0.4) is 0 Å². The van der Waals surface area contributed by atoms with E-state index in [1.165, 1.54) is 35.0 Å². The van der Waals surface area contributed by atoms with Gasteiger partial charge in [0.05, 0.1) is 6.61 Å². The van der Waals surface area contributed by atoms with Gasteiger partial charge in [0.15, 0.2) is 0 Å². The van der Waals surface area contributed by atoms with Gasteiger partial charge in [-0.3, -0.25) is 4.79 Å². The number of aryl methyl sites for hydroxylation is 2. The summed E-state index contributed by atoms with van der Waals surface area (Å²) in [6.45, 7) is 6.56. The summed E-state index contributed by atoms with van der Waals surface area (Å²) in [5.74, 6) is 2.12. The van der Waals surface area contributed by atoms with Gasteiger partial charge >= 0.3 is 0 Å². The molecule has 1 aliphatic carbocycles. The maximum absolute atomic E-state index is 12.8. The van der Waals surface area contributed by atoms with Crippen LogP contribution in [0.4, 0.5) is 5.69 Å². The molecule has 1 amide bonds. The van der Waals surface area contributed by atoms with Crippen LogP contribution in [0.2, 0.25) is 0 Å². The standard InChI is InChI=1S/C28H35N3O3/c1-19-25-15-23(30-28(32)22-5-8-24(9-6-22)34-18-21-3-4-21)7-10-26(25)31(2)27(19)17-29-16-20-11-13-33-14-12-20/h5-10,15,20-21,29H,3-4,11-14,16-18H2,1-2H3,(H,30,32). The van der Waals surface area contributed by atoms with Gasteiger partial charge in [0.25, 0.3) is 5.91 Å². The van der Waals surface area contributed by atoms with Crippen molar-refractivity contribution >= 4 is 22.5 Å². The smallest absolute Gasteiger partial charge is 0.255 e. The Hall–Kier alpha value is -2.83. The lowest BCUT2D eigenvalue weighted by atomic mass is 10.0. The summed E-state index contributed by atoms with van der Waals surface area (Å²) >= 11 is 0. The molecule has 1 aliphatic heterocycles. The van der Waals surface area contributed by atoms with E-state index in [0.717, 1.165) is 57.2 Å². The molecular weight excluding hydrogens is 426 g/mol. The first kappa shape index (κ1) is 22.9. The van der Waals surface area contributed by atoms with Crippen molar-refractivity contribution in [2.75, 3.05) is 31.7 Å². The van der Waals surface area contributed by atoms with Gasteiger partial charge in [-0.1, -0.05) is 0 Å². The Morgan fingerprint density at radius 3 is 2.56 bits per heavy atom. The fourth-order valence-electron chi connectivity index (χ4n) is 4.76. The number of hydrogen-bond acceptors (Lipinski definition) is 4. The van der Waals surface area contributed by atoms with Crippen molar-refractivity contribution in [1.82, 2.24) is 9.88 Å². The second-order valence-electron chi connectivity index (χ2n) is 9.78. The van der Waals surface area contributed by atoms with Gasteiger partial charge in [0, 0.05) is 54.7 Å². The number of aromatic nitrogens is 1. The molecule has 0 bridgehead atoms. The van der Waals surface area contributed by atoms with E-state index in [4.69, 9.17) is 9.47 Å². The number of anilines is 1. The summed E-state index contributed by atoms with van der Waals surface area (Å²) in [5.41, 5.74) is 5.15. The fraction of sp³-hybridized carbons (Fsp3) is 0.464. The molecule has 1 aromatic heterocycles. The number of carbonyl (C=O) groups is 1. The second-order valence-corrected chi connectivity index (χ2v) is 9.78. The fourth-order valence-corrected chi connectivity index (χ4v) is 4.76. The number of hydrogen-bond donors (Lipinski definition) is 2. The number of fused-ring (bicyclic) bond motifs is 1. The van der Waals surface area contributed by atoms with Crippen molar-refractivity contribution in [1.29, 1.82) is 0 Å². The Labute approximate surface area is 201 Å². The molecule has 6 nitrogen and oxygen atoms in total. The summed E-state index contributed by atoms with van der Waals surface area (Å²) in [7, 11) is 2.12. The number of carbonyl (C=O) groups excluding carboxylic acids is 1. The highest BCUT2D eigenvalue weighted by atomic mass is 16.5. The monoisotopic (exact) mass is 461 g/mol. The summed E-state index contributed by atoms with van der Waals surface area (Å²) in [6.07, 6.45) is 4.81. The Bertz CT molecular complexity index is 1140. The molecule has 0 atom stereocenters. The van der Waals surface area contributed by atoms with Crippen LogP contribution in [0.1, 0.15) is 47.3 Å². The maximum atomic E-state index is 12.8. The van der Waals surface area contributed by atoms with Crippen LogP contribution in [0.15, 0.2) is 42.5 Å². The van der Waals surface area contributed by atoms with Gasteiger partial charge in [-0.15, -0.1) is 0 Å². The number of amides is 1. The SMILES string of the molecule is Cc1c(CNCC2CCOCC2)n(C)c2ccc(NC(=O)c3ccc(OCC4CC4)cc3)cc12. The summed E-state index contributed by atoms with van der Waals surface area (Å²) in [4.78, 5) is 12.8. The predicted octanol–water partition coefficient (Wildman–Crippen LogP) is 5.04. The van der Waals surface area contributed by atoms with Crippen LogP contribution in [0, 0.1) is 18.8 Å². The zero-order valence-electron chi connectivity index (χ0n) is 20.2. The molecule has 180 valence electrons. The molecule has 0 radical (unpaired) electrons. The Kier molecular flexibility index (Phi) is 6.88. The van der Waals surface area contributed by atoms with E-state index < -0.39 is 0 Å². The molecule has 2 heterocycles. The highest BCUT2D eigenvalue weighted by Gasteiger charge is 2.22. The van der Waals surface area contributed by atoms with E-state index in [1.807, 2.05) is 30.3 Å². The third-order valence-corrected chi connectivity index (χ3v) is 7.22. The van der Waals surface area contributed by atoms with Crippen molar-refractivity contribution in [3.05, 3.63) is 59.3 Å². The van der Waals surface area contributed by atoms with Gasteiger partial charge in [0.2, 0.25) is 0 Å². The molecule has 1 saturated heterocycles. The van der Waals surface area contributed by atoms with Crippen LogP contribution in [-0.2, 0) is 18.3 Å². The second kappa shape index (κ2) is 10.2. The average Bonchev–Trinajstić information content (AvgIpc) is 3.67. The highest BCUT2D eigenvalue weighted by Crippen LogP contribution is 2.30. The summed E-state index contributed by atoms with van der Waals surface area (Å²) < 4.78 is 13.5. The first-order chi connectivity index (χ1) is 16.6. The van der Waals surface area contributed by atoms with E-state index in [2.05, 4.69) is 41.3 Å². The third-order valence-electron chi connectivity index (χ3n) is 7.22. The minimum atomic E-state index is -0.111.